The summed E-state index contributed by atoms with van der Waals surface area (Å²) in [4.78, 5) is 2.35. The first kappa shape index (κ1) is 14.9. The molecule has 2 N–H and O–H groups in total. The van der Waals surface area contributed by atoms with Crippen LogP contribution in [0.4, 0.5) is 11.4 Å². The Morgan fingerprint density at radius 3 is 2.77 bits per heavy atom. The number of piperidine rings is 1. The first-order valence-corrected chi connectivity index (χ1v) is 8.04. The van der Waals surface area contributed by atoms with Crippen molar-refractivity contribution in [2.45, 2.75) is 39.0 Å². The lowest BCUT2D eigenvalue weighted by atomic mass is 10.1. The summed E-state index contributed by atoms with van der Waals surface area (Å²) in [7, 11) is 0. The Hall–Kier alpha value is -2.01. The number of aromatic nitrogens is 2. The zero-order valence-electron chi connectivity index (χ0n) is 13.1. The zero-order valence-corrected chi connectivity index (χ0v) is 13.1. The minimum atomic E-state index is -0.143. The summed E-state index contributed by atoms with van der Waals surface area (Å²) in [6.07, 6.45) is 3.39. The lowest BCUT2D eigenvalue weighted by Gasteiger charge is -2.33. The van der Waals surface area contributed by atoms with Crippen molar-refractivity contribution in [3.8, 4) is 0 Å². The van der Waals surface area contributed by atoms with Crippen LogP contribution < -0.4 is 10.2 Å². The van der Waals surface area contributed by atoms with Gasteiger partial charge < -0.3 is 15.3 Å². The van der Waals surface area contributed by atoms with Crippen LogP contribution >= 0.6 is 0 Å². The average molecular weight is 300 g/mol. The summed E-state index contributed by atoms with van der Waals surface area (Å²) >= 11 is 0. The number of benzene rings is 1. The van der Waals surface area contributed by atoms with E-state index in [2.05, 4.69) is 52.6 Å². The fourth-order valence-corrected chi connectivity index (χ4v) is 2.99. The molecule has 2 aromatic rings. The summed E-state index contributed by atoms with van der Waals surface area (Å²) in [5.41, 5.74) is 3.55. The van der Waals surface area contributed by atoms with Gasteiger partial charge in [-0.2, -0.15) is 5.10 Å². The van der Waals surface area contributed by atoms with Gasteiger partial charge in [-0.05, 0) is 38.0 Å². The van der Waals surface area contributed by atoms with Gasteiger partial charge in [0.1, 0.15) is 0 Å². The maximum Gasteiger partial charge on any atom is 0.0602 e. The Morgan fingerprint density at radius 2 is 2.00 bits per heavy atom. The largest absolute Gasteiger partial charge is 0.393 e. The first-order chi connectivity index (χ1) is 10.8. The van der Waals surface area contributed by atoms with Crippen LogP contribution in [0.5, 0.6) is 0 Å². The minimum absolute atomic E-state index is 0.143. The molecule has 2 heterocycles. The van der Waals surface area contributed by atoms with E-state index in [-0.39, 0.29) is 6.10 Å². The molecule has 22 heavy (non-hydrogen) atoms. The van der Waals surface area contributed by atoms with Gasteiger partial charge in [-0.25, -0.2) is 0 Å². The zero-order chi connectivity index (χ0) is 15.4. The summed E-state index contributed by atoms with van der Waals surface area (Å²) in [5.74, 6) is 0. The number of anilines is 2. The molecule has 0 amide bonds. The van der Waals surface area contributed by atoms with E-state index in [1.165, 1.54) is 11.4 Å². The van der Waals surface area contributed by atoms with E-state index in [0.29, 0.717) is 0 Å². The van der Waals surface area contributed by atoms with Crippen molar-refractivity contribution in [1.82, 2.24) is 9.78 Å². The van der Waals surface area contributed by atoms with Crippen LogP contribution in [0.3, 0.4) is 0 Å². The van der Waals surface area contributed by atoms with Gasteiger partial charge >= 0.3 is 0 Å². The van der Waals surface area contributed by atoms with Gasteiger partial charge in [-0.3, -0.25) is 4.68 Å². The maximum atomic E-state index is 9.68. The van der Waals surface area contributed by atoms with E-state index in [9.17, 15) is 5.11 Å². The number of aryl methyl sites for hydroxylation is 1. The average Bonchev–Trinajstić information content (AvgIpc) is 3.01. The highest BCUT2D eigenvalue weighted by atomic mass is 16.3. The lowest BCUT2D eigenvalue weighted by Crippen LogP contribution is -2.36. The fraction of sp³-hybridized carbons (Fsp3) is 0.471. The second-order valence-electron chi connectivity index (χ2n) is 5.73. The lowest BCUT2D eigenvalue weighted by molar-refractivity contribution is 0.145. The van der Waals surface area contributed by atoms with Crippen LogP contribution in [0.25, 0.3) is 0 Å². The van der Waals surface area contributed by atoms with Crippen LogP contribution in [0, 0.1) is 0 Å². The third kappa shape index (κ3) is 3.25. The molecule has 0 bridgehead atoms. The normalized spacial score (nSPS) is 16.0. The van der Waals surface area contributed by atoms with E-state index < -0.39 is 0 Å². The van der Waals surface area contributed by atoms with Crippen molar-refractivity contribution in [1.29, 1.82) is 0 Å². The van der Waals surface area contributed by atoms with Gasteiger partial charge in [-0.1, -0.05) is 12.1 Å². The molecule has 1 aliphatic heterocycles. The monoisotopic (exact) mass is 300 g/mol. The molecule has 1 saturated heterocycles. The predicted octanol–water partition coefficient (Wildman–Crippen LogP) is 2.48. The van der Waals surface area contributed by atoms with E-state index in [1.807, 2.05) is 10.9 Å². The van der Waals surface area contributed by atoms with E-state index in [4.69, 9.17) is 0 Å². The molecule has 118 valence electrons. The Morgan fingerprint density at radius 1 is 1.23 bits per heavy atom. The Balaban J connectivity index is 1.71. The highest BCUT2D eigenvalue weighted by Crippen LogP contribution is 2.28. The molecule has 3 rings (SSSR count). The highest BCUT2D eigenvalue weighted by Gasteiger charge is 2.19. The highest BCUT2D eigenvalue weighted by molar-refractivity contribution is 5.70. The molecule has 0 atom stereocenters. The fourth-order valence-electron chi connectivity index (χ4n) is 2.99. The Bertz CT molecular complexity index is 602. The van der Waals surface area contributed by atoms with Gasteiger partial charge in [0.05, 0.1) is 29.7 Å². The molecular weight excluding hydrogens is 276 g/mol. The van der Waals surface area contributed by atoms with Crippen molar-refractivity contribution < 1.29 is 5.11 Å². The van der Waals surface area contributed by atoms with Crippen molar-refractivity contribution in [3.63, 3.8) is 0 Å². The molecule has 0 unspecified atom stereocenters. The molecule has 1 aromatic heterocycles. The van der Waals surface area contributed by atoms with Gasteiger partial charge in [-0.15, -0.1) is 0 Å². The quantitative estimate of drug-likeness (QED) is 0.891. The van der Waals surface area contributed by atoms with E-state index in [0.717, 1.165) is 44.7 Å². The molecule has 5 nitrogen and oxygen atoms in total. The molecule has 1 aromatic carbocycles. The third-order valence-corrected chi connectivity index (χ3v) is 4.27. The van der Waals surface area contributed by atoms with Crippen molar-refractivity contribution in [2.24, 2.45) is 0 Å². The van der Waals surface area contributed by atoms with Crippen molar-refractivity contribution in [3.05, 3.63) is 42.2 Å². The molecule has 0 spiro atoms. The van der Waals surface area contributed by atoms with Crippen LogP contribution in [-0.2, 0) is 13.1 Å². The molecule has 1 fully saturated rings. The summed E-state index contributed by atoms with van der Waals surface area (Å²) in [6.45, 7) is 5.57. The smallest absolute Gasteiger partial charge is 0.0602 e. The first-order valence-electron chi connectivity index (χ1n) is 8.04. The predicted molar refractivity (Wildman–Crippen MR) is 89.1 cm³/mol. The number of aliphatic hydroxyl groups excluding tert-OH is 1. The van der Waals surface area contributed by atoms with Gasteiger partial charge in [0.15, 0.2) is 0 Å². The summed E-state index contributed by atoms with van der Waals surface area (Å²) in [6, 6.07) is 10.4. The molecular formula is C17H24N4O. The van der Waals surface area contributed by atoms with E-state index >= 15 is 0 Å². The SMILES string of the molecule is CCn1nccc1CNc1ccccc1N1CCC(O)CC1. The number of hydrogen-bond donors (Lipinski definition) is 2. The van der Waals surface area contributed by atoms with E-state index in [1.54, 1.807) is 0 Å². The van der Waals surface area contributed by atoms with Crippen molar-refractivity contribution >= 4 is 11.4 Å². The standard InChI is InChI=1S/C17H24N4O/c1-2-21-14(7-10-19-21)13-18-16-5-3-4-6-17(16)20-11-8-15(22)9-12-20/h3-7,10,15,18,22H,2,8-9,11-13H2,1H3. The molecule has 5 heteroatoms. The van der Waals surface area contributed by atoms with Gasteiger partial charge in [0.25, 0.3) is 0 Å². The molecule has 0 radical (unpaired) electrons. The molecule has 1 aliphatic rings. The number of hydrogen-bond acceptors (Lipinski definition) is 4. The van der Waals surface area contributed by atoms with Crippen LogP contribution in [0.15, 0.2) is 36.5 Å². The van der Waals surface area contributed by atoms with Gasteiger partial charge in [0.2, 0.25) is 0 Å². The Labute approximate surface area is 131 Å². The summed E-state index contributed by atoms with van der Waals surface area (Å²) < 4.78 is 2.01. The van der Waals surface area contributed by atoms with Crippen LogP contribution in [0.2, 0.25) is 0 Å². The minimum Gasteiger partial charge on any atom is -0.393 e. The maximum absolute atomic E-state index is 9.68. The number of nitrogens with zero attached hydrogens (tertiary/aromatic N) is 3. The van der Waals surface area contributed by atoms with Crippen LogP contribution in [0.1, 0.15) is 25.5 Å². The summed E-state index contributed by atoms with van der Waals surface area (Å²) in [5, 5.41) is 17.5. The second kappa shape index (κ2) is 6.83. The van der Waals surface area contributed by atoms with Crippen LogP contribution in [-0.4, -0.2) is 34.1 Å². The Kier molecular flexibility index (Phi) is 4.63. The molecule has 0 saturated carbocycles. The topological polar surface area (TPSA) is 53.3 Å². The van der Waals surface area contributed by atoms with Gasteiger partial charge in [0, 0.05) is 25.8 Å². The number of nitrogens with one attached hydrogen (secondary N) is 1. The number of para-hydroxylation sites is 2. The number of rotatable bonds is 5. The molecule has 0 aliphatic carbocycles. The second-order valence-corrected chi connectivity index (χ2v) is 5.73. The third-order valence-electron chi connectivity index (χ3n) is 4.27. The van der Waals surface area contributed by atoms with Crippen molar-refractivity contribution in [2.75, 3.05) is 23.3 Å². The number of aliphatic hydroxyl groups is 1.